The van der Waals surface area contributed by atoms with Crippen molar-refractivity contribution in [3.63, 3.8) is 0 Å². The minimum absolute atomic E-state index is 0.155. The number of aliphatic hydroxyl groups is 3. The van der Waals surface area contributed by atoms with Crippen molar-refractivity contribution in [3.05, 3.63) is 0 Å². The van der Waals surface area contributed by atoms with Gasteiger partial charge in [0, 0.05) is 18.8 Å². The lowest BCUT2D eigenvalue weighted by atomic mass is 9.88. The maximum atomic E-state index is 11.1. The van der Waals surface area contributed by atoms with Gasteiger partial charge in [-0.05, 0) is 12.8 Å². The van der Waals surface area contributed by atoms with Crippen LogP contribution in [0, 0.1) is 5.92 Å². The number of carbonyl (C=O) groups excluding carboxylic acids is 1. The van der Waals surface area contributed by atoms with Crippen molar-refractivity contribution in [2.75, 3.05) is 13.2 Å². The SMILES string of the molecule is CCC(=O)CCC[C@H]1CO[C@H](CO)[C@H](O)[C@@H]1O. The summed E-state index contributed by atoms with van der Waals surface area (Å²) in [6.07, 6.45) is -0.203. The summed E-state index contributed by atoms with van der Waals surface area (Å²) in [6.45, 7) is 1.86. The van der Waals surface area contributed by atoms with Crippen LogP contribution in [0.4, 0.5) is 0 Å². The van der Waals surface area contributed by atoms with Crippen molar-refractivity contribution in [1.29, 1.82) is 0 Å². The van der Waals surface area contributed by atoms with Crippen LogP contribution in [-0.4, -0.2) is 52.6 Å². The van der Waals surface area contributed by atoms with E-state index < -0.39 is 18.3 Å². The predicted molar refractivity (Wildman–Crippen MR) is 61.5 cm³/mol. The number of ketones is 1. The van der Waals surface area contributed by atoms with E-state index in [1.807, 2.05) is 6.92 Å². The number of hydrogen-bond donors (Lipinski definition) is 3. The highest BCUT2D eigenvalue weighted by Crippen LogP contribution is 2.24. The average Bonchev–Trinajstić information content (AvgIpc) is 2.34. The number of carbonyl (C=O) groups is 1. The molecule has 0 spiro atoms. The first kappa shape index (κ1) is 14.6. The Labute approximate surface area is 101 Å². The summed E-state index contributed by atoms with van der Waals surface area (Å²) in [5.41, 5.74) is 0. The topological polar surface area (TPSA) is 87.0 Å². The molecule has 0 bridgehead atoms. The summed E-state index contributed by atoms with van der Waals surface area (Å²) in [6, 6.07) is 0. The first-order valence-electron chi connectivity index (χ1n) is 6.20. The lowest BCUT2D eigenvalue weighted by molar-refractivity contribution is -0.175. The van der Waals surface area contributed by atoms with Crippen LogP contribution in [0.25, 0.3) is 0 Å². The van der Waals surface area contributed by atoms with Crippen LogP contribution in [0.2, 0.25) is 0 Å². The van der Waals surface area contributed by atoms with E-state index >= 15 is 0 Å². The van der Waals surface area contributed by atoms with Gasteiger partial charge < -0.3 is 20.1 Å². The first-order chi connectivity index (χ1) is 8.10. The number of Topliss-reactive ketones (excluding diaryl/α,β-unsaturated/α-hetero) is 1. The standard InChI is InChI=1S/C12H22O5/c1-2-9(14)5-3-4-8-7-17-10(6-13)12(16)11(8)15/h8,10-13,15-16H,2-7H2,1H3/t8-,10+,11+,12-/m0/s1. The van der Waals surface area contributed by atoms with Crippen molar-refractivity contribution in [2.45, 2.75) is 50.9 Å². The molecule has 1 rings (SSSR count). The Morgan fingerprint density at radius 1 is 1.35 bits per heavy atom. The second kappa shape index (κ2) is 7.06. The van der Waals surface area contributed by atoms with Crippen LogP contribution in [0.15, 0.2) is 0 Å². The molecule has 0 unspecified atom stereocenters. The van der Waals surface area contributed by atoms with E-state index in [2.05, 4.69) is 0 Å². The molecule has 0 amide bonds. The van der Waals surface area contributed by atoms with E-state index in [-0.39, 0.29) is 18.3 Å². The minimum atomic E-state index is -1.04. The Bertz CT molecular complexity index is 243. The van der Waals surface area contributed by atoms with Gasteiger partial charge in [0.1, 0.15) is 18.0 Å². The zero-order valence-electron chi connectivity index (χ0n) is 10.2. The van der Waals surface area contributed by atoms with Crippen molar-refractivity contribution in [1.82, 2.24) is 0 Å². The lowest BCUT2D eigenvalue weighted by Gasteiger charge is -2.36. The van der Waals surface area contributed by atoms with E-state index in [0.29, 0.717) is 32.3 Å². The third-order valence-corrected chi connectivity index (χ3v) is 3.34. The molecule has 4 atom stereocenters. The molecule has 1 fully saturated rings. The molecule has 0 aromatic heterocycles. The molecular formula is C12H22O5. The molecule has 0 aliphatic carbocycles. The molecule has 5 nitrogen and oxygen atoms in total. The van der Waals surface area contributed by atoms with Gasteiger partial charge in [0.15, 0.2) is 0 Å². The minimum Gasteiger partial charge on any atom is -0.394 e. The molecule has 17 heavy (non-hydrogen) atoms. The molecule has 1 aliphatic rings. The number of hydrogen-bond acceptors (Lipinski definition) is 5. The van der Waals surface area contributed by atoms with E-state index in [1.165, 1.54) is 0 Å². The van der Waals surface area contributed by atoms with Crippen LogP contribution >= 0.6 is 0 Å². The molecule has 0 aromatic rings. The molecule has 100 valence electrons. The van der Waals surface area contributed by atoms with E-state index in [4.69, 9.17) is 9.84 Å². The Morgan fingerprint density at radius 3 is 2.65 bits per heavy atom. The molecule has 3 N–H and O–H groups in total. The molecule has 1 aliphatic heterocycles. The van der Waals surface area contributed by atoms with Gasteiger partial charge in [0.05, 0.1) is 19.3 Å². The van der Waals surface area contributed by atoms with Gasteiger partial charge >= 0.3 is 0 Å². The van der Waals surface area contributed by atoms with Crippen LogP contribution < -0.4 is 0 Å². The summed E-state index contributed by atoms with van der Waals surface area (Å²) in [4.78, 5) is 11.1. The largest absolute Gasteiger partial charge is 0.394 e. The van der Waals surface area contributed by atoms with Gasteiger partial charge in [-0.1, -0.05) is 6.92 Å². The average molecular weight is 246 g/mol. The van der Waals surface area contributed by atoms with Gasteiger partial charge in [-0.25, -0.2) is 0 Å². The molecule has 1 saturated heterocycles. The fourth-order valence-corrected chi connectivity index (χ4v) is 2.10. The van der Waals surface area contributed by atoms with E-state index in [0.717, 1.165) is 0 Å². The third-order valence-electron chi connectivity index (χ3n) is 3.34. The molecule has 0 aromatic carbocycles. The molecule has 5 heteroatoms. The van der Waals surface area contributed by atoms with Crippen molar-refractivity contribution < 1.29 is 24.9 Å². The van der Waals surface area contributed by atoms with Crippen molar-refractivity contribution in [2.24, 2.45) is 5.92 Å². The second-order valence-electron chi connectivity index (χ2n) is 4.58. The second-order valence-corrected chi connectivity index (χ2v) is 4.58. The fraction of sp³-hybridized carbons (Fsp3) is 0.917. The van der Waals surface area contributed by atoms with Gasteiger partial charge in [-0.2, -0.15) is 0 Å². The normalized spacial score (nSPS) is 33.6. The predicted octanol–water partition coefficient (Wildman–Crippen LogP) is -0.135. The quantitative estimate of drug-likeness (QED) is 0.607. The number of aliphatic hydroxyl groups excluding tert-OH is 3. The number of ether oxygens (including phenoxy) is 1. The maximum absolute atomic E-state index is 11.1. The number of rotatable bonds is 6. The molecular weight excluding hydrogens is 224 g/mol. The zero-order chi connectivity index (χ0) is 12.8. The summed E-state index contributed by atoms with van der Waals surface area (Å²) >= 11 is 0. The van der Waals surface area contributed by atoms with E-state index in [9.17, 15) is 15.0 Å². The lowest BCUT2D eigenvalue weighted by Crippen LogP contribution is -2.51. The Balaban J connectivity index is 2.33. The summed E-state index contributed by atoms with van der Waals surface area (Å²) in [7, 11) is 0. The Hall–Kier alpha value is -0.490. The molecule has 0 saturated carbocycles. The zero-order valence-corrected chi connectivity index (χ0v) is 10.2. The van der Waals surface area contributed by atoms with Crippen molar-refractivity contribution >= 4 is 5.78 Å². The smallest absolute Gasteiger partial charge is 0.132 e. The first-order valence-corrected chi connectivity index (χ1v) is 6.20. The monoisotopic (exact) mass is 246 g/mol. The summed E-state index contributed by atoms with van der Waals surface area (Å²) in [5.74, 6) is 0.0578. The van der Waals surface area contributed by atoms with Gasteiger partial charge in [-0.3, -0.25) is 4.79 Å². The van der Waals surface area contributed by atoms with Crippen molar-refractivity contribution in [3.8, 4) is 0 Å². The molecule has 0 radical (unpaired) electrons. The van der Waals surface area contributed by atoms with Gasteiger partial charge in [0.25, 0.3) is 0 Å². The summed E-state index contributed by atoms with van der Waals surface area (Å²) < 4.78 is 5.26. The highest BCUT2D eigenvalue weighted by Gasteiger charge is 2.37. The highest BCUT2D eigenvalue weighted by atomic mass is 16.5. The summed E-state index contributed by atoms with van der Waals surface area (Å²) in [5, 5.41) is 28.4. The maximum Gasteiger partial charge on any atom is 0.132 e. The highest BCUT2D eigenvalue weighted by molar-refractivity contribution is 5.77. The Morgan fingerprint density at radius 2 is 2.06 bits per heavy atom. The van der Waals surface area contributed by atoms with Crippen LogP contribution in [0.3, 0.4) is 0 Å². The van der Waals surface area contributed by atoms with Crippen LogP contribution in [-0.2, 0) is 9.53 Å². The third kappa shape index (κ3) is 4.03. The Kier molecular flexibility index (Phi) is 6.05. The van der Waals surface area contributed by atoms with Crippen LogP contribution in [0.5, 0.6) is 0 Å². The fourth-order valence-electron chi connectivity index (χ4n) is 2.10. The molecule has 1 heterocycles. The van der Waals surface area contributed by atoms with Gasteiger partial charge in [-0.15, -0.1) is 0 Å². The van der Waals surface area contributed by atoms with Crippen LogP contribution in [0.1, 0.15) is 32.6 Å². The van der Waals surface area contributed by atoms with E-state index in [1.54, 1.807) is 0 Å². The van der Waals surface area contributed by atoms with Gasteiger partial charge in [0.2, 0.25) is 0 Å².